The summed E-state index contributed by atoms with van der Waals surface area (Å²) in [6, 6.07) is 11.3. The van der Waals surface area contributed by atoms with Crippen LogP contribution in [0.2, 0.25) is 0 Å². The first kappa shape index (κ1) is 11.3. The van der Waals surface area contributed by atoms with Crippen LogP contribution in [0.1, 0.15) is 40.7 Å². The minimum Gasteiger partial charge on any atom is -0.355 e. The van der Waals surface area contributed by atoms with E-state index in [0.29, 0.717) is 5.92 Å². The summed E-state index contributed by atoms with van der Waals surface area (Å²) in [6.07, 6.45) is 0. The molecule has 1 atom stereocenters. The Morgan fingerprint density at radius 2 is 1.50 bits per heavy atom. The molecule has 0 radical (unpaired) electrons. The van der Waals surface area contributed by atoms with Gasteiger partial charge < -0.3 is 5.32 Å². The van der Waals surface area contributed by atoms with Crippen LogP contribution in [0.3, 0.4) is 0 Å². The van der Waals surface area contributed by atoms with Crippen LogP contribution in [0, 0.1) is 20.8 Å². The molecule has 1 heteroatoms. The highest BCUT2D eigenvalue weighted by Gasteiger charge is 2.22. The third kappa shape index (κ3) is 1.62. The summed E-state index contributed by atoms with van der Waals surface area (Å²) in [5, 5.41) is 3.57. The molecule has 0 fully saturated rings. The normalized spacial score (nSPS) is 16.8. The van der Waals surface area contributed by atoms with Crippen molar-refractivity contribution in [3.05, 3.63) is 58.1 Å². The average Bonchev–Trinajstić information content (AvgIpc) is 2.33. The van der Waals surface area contributed by atoms with E-state index in [9.17, 15) is 0 Å². The number of anilines is 2. The number of rotatable bonds is 0. The van der Waals surface area contributed by atoms with Crippen molar-refractivity contribution in [1.29, 1.82) is 0 Å². The fraction of sp³-hybridized carbons (Fsp3) is 0.294. The fourth-order valence-corrected chi connectivity index (χ4v) is 2.77. The second kappa shape index (κ2) is 3.88. The standard InChI is InChI=1S/C17H19N/c1-10-5-6-16-14(7-10)13(4)15-8-11(2)12(3)9-17(15)18-16/h5-9,13,18H,1-4H3/t13-/m1/s1. The van der Waals surface area contributed by atoms with E-state index in [1.807, 2.05) is 0 Å². The quantitative estimate of drug-likeness (QED) is 0.692. The molecule has 0 aromatic heterocycles. The predicted octanol–water partition coefficient (Wildman–Crippen LogP) is 4.82. The molecule has 2 aromatic rings. The first-order chi connectivity index (χ1) is 8.56. The van der Waals surface area contributed by atoms with Gasteiger partial charge in [0.15, 0.2) is 0 Å². The molecule has 0 amide bonds. The van der Waals surface area contributed by atoms with E-state index in [0.717, 1.165) is 0 Å². The van der Waals surface area contributed by atoms with E-state index in [-0.39, 0.29) is 0 Å². The highest BCUT2D eigenvalue weighted by molar-refractivity contribution is 5.74. The van der Waals surface area contributed by atoms with E-state index in [4.69, 9.17) is 0 Å². The zero-order chi connectivity index (χ0) is 12.9. The highest BCUT2D eigenvalue weighted by Crippen LogP contribution is 2.42. The number of benzene rings is 2. The van der Waals surface area contributed by atoms with Crippen LogP contribution < -0.4 is 5.32 Å². The minimum absolute atomic E-state index is 0.468. The smallest absolute Gasteiger partial charge is 0.0425 e. The van der Waals surface area contributed by atoms with Crippen LogP contribution in [0.5, 0.6) is 0 Å². The van der Waals surface area contributed by atoms with Crippen molar-refractivity contribution in [2.45, 2.75) is 33.6 Å². The molecule has 3 rings (SSSR count). The van der Waals surface area contributed by atoms with Crippen LogP contribution in [-0.4, -0.2) is 0 Å². The van der Waals surface area contributed by atoms with E-state index >= 15 is 0 Å². The van der Waals surface area contributed by atoms with Gasteiger partial charge in [0, 0.05) is 17.3 Å². The molecular weight excluding hydrogens is 218 g/mol. The lowest BCUT2D eigenvalue weighted by molar-refractivity contribution is 0.906. The third-order valence-electron chi connectivity index (χ3n) is 4.08. The Balaban J connectivity index is 2.19. The van der Waals surface area contributed by atoms with Gasteiger partial charge in [-0.05, 0) is 55.2 Å². The summed E-state index contributed by atoms with van der Waals surface area (Å²) in [4.78, 5) is 0. The van der Waals surface area contributed by atoms with Gasteiger partial charge in [-0.3, -0.25) is 0 Å². The summed E-state index contributed by atoms with van der Waals surface area (Å²) in [5.74, 6) is 0.468. The Hall–Kier alpha value is -1.76. The van der Waals surface area contributed by atoms with E-state index < -0.39 is 0 Å². The van der Waals surface area contributed by atoms with Gasteiger partial charge in [0.25, 0.3) is 0 Å². The Bertz CT molecular complexity index is 626. The van der Waals surface area contributed by atoms with Gasteiger partial charge in [0.1, 0.15) is 0 Å². The summed E-state index contributed by atoms with van der Waals surface area (Å²) in [5.41, 5.74) is 9.39. The molecule has 2 aromatic carbocycles. The molecule has 0 aliphatic carbocycles. The van der Waals surface area contributed by atoms with Crippen LogP contribution in [0.4, 0.5) is 11.4 Å². The second-order valence-electron chi connectivity index (χ2n) is 5.46. The molecule has 0 saturated carbocycles. The number of hydrogen-bond donors (Lipinski definition) is 1. The van der Waals surface area contributed by atoms with Crippen molar-refractivity contribution < 1.29 is 0 Å². The van der Waals surface area contributed by atoms with Gasteiger partial charge in [-0.1, -0.05) is 30.7 Å². The van der Waals surface area contributed by atoms with Crippen LogP contribution in [-0.2, 0) is 0 Å². The molecule has 1 N–H and O–H groups in total. The molecule has 1 aliphatic rings. The van der Waals surface area contributed by atoms with E-state index in [1.54, 1.807) is 0 Å². The topological polar surface area (TPSA) is 12.0 Å². The maximum Gasteiger partial charge on any atom is 0.0425 e. The Kier molecular flexibility index (Phi) is 2.44. The second-order valence-corrected chi connectivity index (χ2v) is 5.46. The van der Waals surface area contributed by atoms with Gasteiger partial charge in [0.2, 0.25) is 0 Å². The van der Waals surface area contributed by atoms with Gasteiger partial charge >= 0.3 is 0 Å². The van der Waals surface area contributed by atoms with Crippen LogP contribution >= 0.6 is 0 Å². The van der Waals surface area contributed by atoms with Crippen molar-refractivity contribution >= 4 is 11.4 Å². The van der Waals surface area contributed by atoms with Crippen molar-refractivity contribution in [1.82, 2.24) is 0 Å². The van der Waals surface area contributed by atoms with Crippen molar-refractivity contribution in [2.75, 3.05) is 5.32 Å². The molecule has 1 heterocycles. The van der Waals surface area contributed by atoms with Gasteiger partial charge in [-0.2, -0.15) is 0 Å². The SMILES string of the molecule is Cc1ccc2c(c1)[C@@H](C)c1cc(C)c(C)cc1N2. The minimum atomic E-state index is 0.468. The molecule has 92 valence electrons. The lowest BCUT2D eigenvalue weighted by atomic mass is 9.85. The highest BCUT2D eigenvalue weighted by atomic mass is 14.9. The molecule has 1 aliphatic heterocycles. The van der Waals surface area contributed by atoms with Gasteiger partial charge in [-0.15, -0.1) is 0 Å². The van der Waals surface area contributed by atoms with Crippen LogP contribution in [0.15, 0.2) is 30.3 Å². The lowest BCUT2D eigenvalue weighted by Crippen LogP contribution is -2.11. The maximum absolute atomic E-state index is 3.57. The van der Waals surface area contributed by atoms with E-state index in [2.05, 4.69) is 63.3 Å². The summed E-state index contributed by atoms with van der Waals surface area (Å²) < 4.78 is 0. The first-order valence-electron chi connectivity index (χ1n) is 6.55. The largest absolute Gasteiger partial charge is 0.355 e. The van der Waals surface area contributed by atoms with Crippen molar-refractivity contribution in [2.24, 2.45) is 0 Å². The number of aryl methyl sites for hydroxylation is 3. The Labute approximate surface area is 109 Å². The zero-order valence-electron chi connectivity index (χ0n) is 11.5. The third-order valence-corrected chi connectivity index (χ3v) is 4.08. The van der Waals surface area contributed by atoms with E-state index in [1.165, 1.54) is 39.2 Å². The molecule has 0 spiro atoms. The molecule has 1 nitrogen and oxygen atoms in total. The Morgan fingerprint density at radius 3 is 2.28 bits per heavy atom. The predicted molar refractivity (Wildman–Crippen MR) is 77.9 cm³/mol. The molecule has 0 bridgehead atoms. The summed E-state index contributed by atoms with van der Waals surface area (Å²) in [6.45, 7) is 8.82. The Morgan fingerprint density at radius 1 is 0.833 bits per heavy atom. The molecule has 18 heavy (non-hydrogen) atoms. The number of fused-ring (bicyclic) bond motifs is 2. The molecule has 0 saturated heterocycles. The van der Waals surface area contributed by atoms with Crippen molar-refractivity contribution in [3.8, 4) is 0 Å². The first-order valence-corrected chi connectivity index (χ1v) is 6.55. The summed E-state index contributed by atoms with van der Waals surface area (Å²) >= 11 is 0. The summed E-state index contributed by atoms with van der Waals surface area (Å²) in [7, 11) is 0. The number of hydrogen-bond acceptors (Lipinski definition) is 1. The number of nitrogens with one attached hydrogen (secondary N) is 1. The maximum atomic E-state index is 3.57. The van der Waals surface area contributed by atoms with Gasteiger partial charge in [0.05, 0.1) is 0 Å². The monoisotopic (exact) mass is 237 g/mol. The van der Waals surface area contributed by atoms with Gasteiger partial charge in [-0.25, -0.2) is 0 Å². The lowest BCUT2D eigenvalue weighted by Gasteiger charge is -2.28. The molecular formula is C17H19N. The average molecular weight is 237 g/mol. The van der Waals surface area contributed by atoms with Crippen molar-refractivity contribution in [3.63, 3.8) is 0 Å². The zero-order valence-corrected chi connectivity index (χ0v) is 11.5. The fourth-order valence-electron chi connectivity index (χ4n) is 2.77. The molecule has 0 unspecified atom stereocenters. The van der Waals surface area contributed by atoms with Crippen LogP contribution in [0.25, 0.3) is 0 Å².